The average Bonchev–Trinajstić information content (AvgIpc) is 2.79. The Balaban J connectivity index is 1.83. The lowest BCUT2D eigenvalue weighted by Gasteiger charge is -2.16. The van der Waals surface area contributed by atoms with E-state index in [-0.39, 0.29) is 11.5 Å². The summed E-state index contributed by atoms with van der Waals surface area (Å²) in [4.78, 5) is 0. The first-order valence-electron chi connectivity index (χ1n) is 7.30. The highest BCUT2D eigenvalue weighted by Crippen LogP contribution is 2.30. The molecule has 3 nitrogen and oxygen atoms in total. The standard InChI is InChI=1S/C16H24N2O/c1-16(2,12-17)8-3-4-9-18-10-13-6-5-7-15(19)14(13)11-18/h10-11,15,19H,3-9H2,1-2H3. The maximum absolute atomic E-state index is 9.94. The monoisotopic (exact) mass is 260 g/mol. The molecular weight excluding hydrogens is 236 g/mol. The molecule has 0 saturated heterocycles. The third-order valence-electron chi connectivity index (χ3n) is 4.05. The molecule has 0 spiro atoms. The van der Waals surface area contributed by atoms with Gasteiger partial charge in [-0.2, -0.15) is 5.26 Å². The van der Waals surface area contributed by atoms with Crippen molar-refractivity contribution in [3.05, 3.63) is 23.5 Å². The van der Waals surface area contributed by atoms with E-state index in [1.807, 2.05) is 13.8 Å². The lowest BCUT2D eigenvalue weighted by molar-refractivity contribution is 0.157. The molecule has 1 N–H and O–H groups in total. The second-order valence-electron chi connectivity index (χ2n) is 6.34. The van der Waals surface area contributed by atoms with Crippen LogP contribution in [0, 0.1) is 16.7 Å². The first-order valence-corrected chi connectivity index (χ1v) is 7.30. The Bertz CT molecular complexity index is 468. The number of unbranched alkanes of at least 4 members (excludes halogenated alkanes) is 1. The predicted molar refractivity (Wildman–Crippen MR) is 75.6 cm³/mol. The lowest BCUT2D eigenvalue weighted by atomic mass is 9.89. The Kier molecular flexibility index (Phi) is 4.31. The van der Waals surface area contributed by atoms with E-state index in [9.17, 15) is 5.11 Å². The molecule has 0 fully saturated rings. The van der Waals surface area contributed by atoms with Gasteiger partial charge >= 0.3 is 0 Å². The van der Waals surface area contributed by atoms with Crippen molar-refractivity contribution in [2.24, 2.45) is 5.41 Å². The van der Waals surface area contributed by atoms with E-state index in [1.54, 1.807) is 0 Å². The average molecular weight is 260 g/mol. The molecule has 1 unspecified atom stereocenters. The lowest BCUT2D eigenvalue weighted by Crippen LogP contribution is -2.07. The predicted octanol–water partition coefficient (Wildman–Crippen LogP) is 3.58. The summed E-state index contributed by atoms with van der Waals surface area (Å²) in [6.07, 6.45) is 10.2. The number of aliphatic hydroxyl groups is 1. The van der Waals surface area contributed by atoms with Crippen molar-refractivity contribution in [2.75, 3.05) is 0 Å². The summed E-state index contributed by atoms with van der Waals surface area (Å²) in [7, 11) is 0. The van der Waals surface area contributed by atoms with E-state index in [2.05, 4.69) is 23.0 Å². The Morgan fingerprint density at radius 1 is 1.42 bits per heavy atom. The molecule has 1 atom stereocenters. The van der Waals surface area contributed by atoms with Crippen LogP contribution in [0.2, 0.25) is 0 Å². The first kappa shape index (κ1) is 14.1. The summed E-state index contributed by atoms with van der Waals surface area (Å²) in [6.45, 7) is 4.98. The number of aromatic nitrogens is 1. The number of nitriles is 1. The van der Waals surface area contributed by atoms with Gasteiger partial charge in [0.1, 0.15) is 0 Å². The summed E-state index contributed by atoms with van der Waals surface area (Å²) in [5.74, 6) is 0. The van der Waals surface area contributed by atoms with E-state index in [0.717, 1.165) is 50.6 Å². The molecule has 3 heteroatoms. The molecule has 0 amide bonds. The molecule has 0 aromatic carbocycles. The molecule has 0 radical (unpaired) electrons. The summed E-state index contributed by atoms with van der Waals surface area (Å²) >= 11 is 0. The Hall–Kier alpha value is -1.27. The van der Waals surface area contributed by atoms with Gasteiger partial charge in [0.2, 0.25) is 0 Å². The van der Waals surface area contributed by atoms with Crippen LogP contribution in [0.15, 0.2) is 12.4 Å². The van der Waals surface area contributed by atoms with E-state index in [0.29, 0.717) is 0 Å². The number of hydrogen-bond acceptors (Lipinski definition) is 2. The normalized spacial score (nSPS) is 18.9. The van der Waals surface area contributed by atoms with Crippen LogP contribution in [0.3, 0.4) is 0 Å². The molecule has 1 aromatic rings. The molecule has 19 heavy (non-hydrogen) atoms. The number of nitrogens with zero attached hydrogens (tertiary/aromatic N) is 2. The van der Waals surface area contributed by atoms with Gasteiger partial charge in [-0.05, 0) is 51.5 Å². The van der Waals surface area contributed by atoms with Crippen molar-refractivity contribution in [1.29, 1.82) is 5.26 Å². The van der Waals surface area contributed by atoms with Gasteiger partial charge in [-0.15, -0.1) is 0 Å². The van der Waals surface area contributed by atoms with Gasteiger partial charge < -0.3 is 9.67 Å². The largest absolute Gasteiger partial charge is 0.388 e. The molecule has 0 saturated carbocycles. The second-order valence-corrected chi connectivity index (χ2v) is 6.34. The summed E-state index contributed by atoms with van der Waals surface area (Å²) < 4.78 is 2.21. The van der Waals surface area contributed by atoms with E-state index in [1.165, 1.54) is 5.56 Å². The van der Waals surface area contributed by atoms with E-state index in [4.69, 9.17) is 5.26 Å². The van der Waals surface area contributed by atoms with Crippen LogP contribution in [0.5, 0.6) is 0 Å². The van der Waals surface area contributed by atoms with Crippen LogP contribution < -0.4 is 0 Å². The van der Waals surface area contributed by atoms with Gasteiger partial charge in [-0.25, -0.2) is 0 Å². The van der Waals surface area contributed by atoms with Gasteiger partial charge in [0.15, 0.2) is 0 Å². The van der Waals surface area contributed by atoms with Crippen molar-refractivity contribution in [3.63, 3.8) is 0 Å². The van der Waals surface area contributed by atoms with Gasteiger partial charge in [0.25, 0.3) is 0 Å². The van der Waals surface area contributed by atoms with Gasteiger partial charge in [-0.3, -0.25) is 0 Å². The van der Waals surface area contributed by atoms with Crippen LogP contribution in [0.1, 0.15) is 63.2 Å². The van der Waals surface area contributed by atoms with Crippen molar-refractivity contribution in [1.82, 2.24) is 4.57 Å². The van der Waals surface area contributed by atoms with Crippen molar-refractivity contribution in [3.8, 4) is 6.07 Å². The molecule has 1 aliphatic carbocycles. The van der Waals surface area contributed by atoms with Crippen LogP contribution in [-0.4, -0.2) is 9.67 Å². The highest BCUT2D eigenvalue weighted by atomic mass is 16.3. The summed E-state index contributed by atoms with van der Waals surface area (Å²) in [5, 5.41) is 18.9. The molecule has 1 heterocycles. The Morgan fingerprint density at radius 2 is 2.21 bits per heavy atom. The highest BCUT2D eigenvalue weighted by molar-refractivity contribution is 5.28. The minimum atomic E-state index is -0.262. The van der Waals surface area contributed by atoms with Crippen molar-refractivity contribution in [2.45, 2.75) is 65.0 Å². The fraction of sp³-hybridized carbons (Fsp3) is 0.688. The van der Waals surface area contributed by atoms with E-state index < -0.39 is 0 Å². The first-order chi connectivity index (χ1) is 9.02. The maximum atomic E-state index is 9.94. The zero-order valence-corrected chi connectivity index (χ0v) is 12.0. The third-order valence-corrected chi connectivity index (χ3v) is 4.05. The highest BCUT2D eigenvalue weighted by Gasteiger charge is 2.20. The van der Waals surface area contributed by atoms with Crippen molar-refractivity contribution < 1.29 is 5.11 Å². The smallest absolute Gasteiger partial charge is 0.0807 e. The fourth-order valence-electron chi connectivity index (χ4n) is 2.77. The van der Waals surface area contributed by atoms with Crippen molar-refractivity contribution >= 4 is 0 Å². The minimum absolute atomic E-state index is 0.202. The maximum Gasteiger partial charge on any atom is 0.0807 e. The van der Waals surface area contributed by atoms with Crippen LogP contribution >= 0.6 is 0 Å². The Labute approximate surface area is 115 Å². The van der Waals surface area contributed by atoms with Crippen LogP contribution in [0.25, 0.3) is 0 Å². The van der Waals surface area contributed by atoms with Crippen LogP contribution in [0.4, 0.5) is 0 Å². The van der Waals surface area contributed by atoms with Gasteiger partial charge in [0, 0.05) is 24.5 Å². The number of fused-ring (bicyclic) bond motifs is 1. The van der Waals surface area contributed by atoms with Gasteiger partial charge in [0.05, 0.1) is 17.6 Å². The number of aliphatic hydroxyl groups excluding tert-OH is 1. The Morgan fingerprint density at radius 3 is 2.89 bits per heavy atom. The second kappa shape index (κ2) is 5.79. The number of hydrogen-bond donors (Lipinski definition) is 1. The third kappa shape index (κ3) is 3.61. The number of aryl methyl sites for hydroxylation is 2. The van der Waals surface area contributed by atoms with E-state index >= 15 is 0 Å². The van der Waals surface area contributed by atoms with Gasteiger partial charge in [-0.1, -0.05) is 6.42 Å². The molecule has 1 aromatic heterocycles. The zero-order valence-electron chi connectivity index (χ0n) is 12.0. The molecule has 1 aliphatic rings. The number of rotatable bonds is 5. The fourth-order valence-corrected chi connectivity index (χ4v) is 2.77. The topological polar surface area (TPSA) is 49.0 Å². The molecule has 0 aliphatic heterocycles. The summed E-state index contributed by atoms with van der Waals surface area (Å²) in [5.41, 5.74) is 2.24. The molecule has 0 bridgehead atoms. The SMILES string of the molecule is CC(C)(C#N)CCCCn1cc2c(c1)C(O)CCC2. The molecule has 2 rings (SSSR count). The van der Waals surface area contributed by atoms with Crippen LogP contribution in [-0.2, 0) is 13.0 Å². The quantitative estimate of drug-likeness (QED) is 0.823. The molecular formula is C16H24N2O. The minimum Gasteiger partial charge on any atom is -0.388 e. The zero-order chi connectivity index (χ0) is 13.9. The molecule has 104 valence electrons. The summed E-state index contributed by atoms with van der Waals surface area (Å²) in [6, 6.07) is 2.35.